The molecule has 0 spiro atoms. The molecule has 0 radical (unpaired) electrons. The molecule has 0 aliphatic heterocycles. The number of halogens is 1. The van der Waals surface area contributed by atoms with Gasteiger partial charge in [0.05, 0.1) is 11.9 Å². The molecule has 9 heteroatoms. The molecule has 226 valence electrons. The highest BCUT2D eigenvalue weighted by Crippen LogP contribution is 2.27. The highest BCUT2D eigenvalue weighted by Gasteiger charge is 2.30. The zero-order chi connectivity index (χ0) is 30.7. The highest BCUT2D eigenvalue weighted by atomic mass is 35.5. The molecule has 3 aromatic carbocycles. The van der Waals surface area contributed by atoms with Gasteiger partial charge in [-0.25, -0.2) is 8.42 Å². The fourth-order valence-corrected chi connectivity index (χ4v) is 5.97. The number of rotatable bonds is 15. The number of benzene rings is 3. The number of unbranched alkanes of at least 4 members (excludes halogenated alkanes) is 1. The minimum atomic E-state index is -3.63. The average Bonchev–Trinajstić information content (AvgIpc) is 2.95. The molecule has 0 aromatic heterocycles. The number of nitrogens with zero attached hydrogens (tertiary/aromatic N) is 2. The maximum atomic E-state index is 13.9. The lowest BCUT2D eigenvalue weighted by atomic mass is 10.0. The number of anilines is 1. The lowest BCUT2D eigenvalue weighted by molar-refractivity contribution is -0.141. The van der Waals surface area contributed by atoms with Crippen LogP contribution in [-0.2, 0) is 32.6 Å². The van der Waals surface area contributed by atoms with Crippen molar-refractivity contribution in [2.75, 3.05) is 23.7 Å². The summed E-state index contributed by atoms with van der Waals surface area (Å²) in [5.74, 6) is -0.404. The molecule has 1 atom stereocenters. The molecule has 0 fully saturated rings. The monoisotopic (exact) mass is 611 g/mol. The van der Waals surface area contributed by atoms with E-state index in [0.29, 0.717) is 23.7 Å². The Kier molecular flexibility index (Phi) is 12.4. The van der Waals surface area contributed by atoms with Crippen LogP contribution in [0.25, 0.3) is 0 Å². The van der Waals surface area contributed by atoms with E-state index in [1.807, 2.05) is 68.4 Å². The van der Waals surface area contributed by atoms with E-state index >= 15 is 0 Å². The Balaban J connectivity index is 1.88. The predicted octanol–water partition coefficient (Wildman–Crippen LogP) is 6.06. The lowest BCUT2D eigenvalue weighted by Gasteiger charge is -2.32. The molecular formula is C33H42ClN3O4S. The smallest absolute Gasteiger partial charge is 0.243 e. The first-order valence-corrected chi connectivity index (χ1v) is 16.6. The van der Waals surface area contributed by atoms with E-state index in [1.165, 1.54) is 4.31 Å². The van der Waals surface area contributed by atoms with E-state index in [-0.39, 0.29) is 37.7 Å². The third-order valence-electron chi connectivity index (χ3n) is 7.17. The first-order chi connectivity index (χ1) is 20.0. The van der Waals surface area contributed by atoms with Crippen molar-refractivity contribution < 1.29 is 18.0 Å². The summed E-state index contributed by atoms with van der Waals surface area (Å²) in [5.41, 5.74) is 4.23. The van der Waals surface area contributed by atoms with Gasteiger partial charge in [0.2, 0.25) is 21.8 Å². The third kappa shape index (κ3) is 9.88. The van der Waals surface area contributed by atoms with E-state index in [4.69, 9.17) is 11.6 Å². The van der Waals surface area contributed by atoms with Gasteiger partial charge in [-0.15, -0.1) is 0 Å². The molecule has 1 N–H and O–H groups in total. The summed E-state index contributed by atoms with van der Waals surface area (Å²) >= 11 is 6.18. The van der Waals surface area contributed by atoms with Crippen LogP contribution in [0.3, 0.4) is 0 Å². The Morgan fingerprint density at radius 2 is 1.62 bits per heavy atom. The number of carbonyl (C=O) groups excluding carboxylic acids is 2. The van der Waals surface area contributed by atoms with Crippen molar-refractivity contribution in [2.45, 2.75) is 65.5 Å². The van der Waals surface area contributed by atoms with Crippen LogP contribution in [0, 0.1) is 13.8 Å². The van der Waals surface area contributed by atoms with E-state index in [2.05, 4.69) is 12.2 Å². The van der Waals surface area contributed by atoms with E-state index in [0.717, 1.165) is 41.4 Å². The van der Waals surface area contributed by atoms with Crippen LogP contribution >= 0.6 is 11.6 Å². The number of nitrogens with one attached hydrogen (secondary N) is 1. The molecule has 3 aromatic rings. The van der Waals surface area contributed by atoms with Gasteiger partial charge in [0.1, 0.15) is 6.04 Å². The quantitative estimate of drug-likeness (QED) is 0.212. The molecule has 0 heterocycles. The second-order valence-electron chi connectivity index (χ2n) is 10.7. The van der Waals surface area contributed by atoms with Crippen molar-refractivity contribution >= 4 is 39.1 Å². The molecular weight excluding hydrogens is 570 g/mol. The van der Waals surface area contributed by atoms with Gasteiger partial charge >= 0.3 is 0 Å². The Hall–Kier alpha value is -3.36. The summed E-state index contributed by atoms with van der Waals surface area (Å²) in [5, 5.41) is 3.46. The molecule has 2 amide bonds. The average molecular weight is 612 g/mol. The van der Waals surface area contributed by atoms with Gasteiger partial charge in [-0.2, -0.15) is 0 Å². The van der Waals surface area contributed by atoms with Gasteiger partial charge in [-0.3, -0.25) is 13.9 Å². The van der Waals surface area contributed by atoms with Crippen molar-refractivity contribution in [3.8, 4) is 0 Å². The number of hydrogen-bond acceptors (Lipinski definition) is 4. The van der Waals surface area contributed by atoms with Crippen molar-refractivity contribution in [3.05, 3.63) is 100 Å². The summed E-state index contributed by atoms with van der Waals surface area (Å²) in [6, 6.07) is 22.0. The zero-order valence-electron chi connectivity index (χ0n) is 25.0. The Bertz CT molecular complexity index is 1430. The summed E-state index contributed by atoms with van der Waals surface area (Å²) in [4.78, 5) is 29.1. The van der Waals surface area contributed by atoms with E-state index < -0.39 is 16.1 Å². The fraction of sp³-hybridized carbons (Fsp3) is 0.394. The minimum absolute atomic E-state index is 0.0744. The van der Waals surface area contributed by atoms with Crippen LogP contribution in [0.4, 0.5) is 5.69 Å². The second-order valence-corrected chi connectivity index (χ2v) is 13.1. The van der Waals surface area contributed by atoms with Gasteiger partial charge in [0.15, 0.2) is 0 Å². The lowest BCUT2D eigenvalue weighted by Crippen LogP contribution is -2.50. The topological polar surface area (TPSA) is 86.8 Å². The summed E-state index contributed by atoms with van der Waals surface area (Å²) < 4.78 is 26.8. The van der Waals surface area contributed by atoms with Crippen LogP contribution in [0.1, 0.15) is 54.9 Å². The van der Waals surface area contributed by atoms with Crippen molar-refractivity contribution in [3.63, 3.8) is 0 Å². The van der Waals surface area contributed by atoms with Crippen molar-refractivity contribution in [1.82, 2.24) is 10.2 Å². The molecule has 42 heavy (non-hydrogen) atoms. The van der Waals surface area contributed by atoms with Crippen molar-refractivity contribution in [2.24, 2.45) is 0 Å². The van der Waals surface area contributed by atoms with Crippen LogP contribution < -0.4 is 9.62 Å². The van der Waals surface area contributed by atoms with Gasteiger partial charge in [0.25, 0.3) is 0 Å². The molecule has 0 unspecified atom stereocenters. The molecule has 0 aliphatic carbocycles. The standard InChI is InChI=1S/C33H42ClN3O4S/c1-5-6-20-35-33(39)31(22-27-11-8-7-9-12-27)36(24-28-17-14-25(2)15-18-28)32(38)13-10-21-37(42(4,40)41)30-23-29(34)19-16-26(30)3/h7-9,11-12,14-19,23,31H,5-6,10,13,20-22,24H2,1-4H3,(H,35,39)/t31-/m0/s1. The van der Waals surface area contributed by atoms with Crippen LogP contribution in [0.15, 0.2) is 72.8 Å². The Morgan fingerprint density at radius 1 is 0.929 bits per heavy atom. The number of sulfonamides is 1. The van der Waals surface area contributed by atoms with Gasteiger partial charge in [-0.05, 0) is 55.5 Å². The molecule has 3 rings (SSSR count). The molecule has 0 bridgehead atoms. The van der Waals surface area contributed by atoms with E-state index in [1.54, 1.807) is 23.1 Å². The number of carbonyl (C=O) groups is 2. The van der Waals surface area contributed by atoms with Gasteiger partial charge < -0.3 is 10.2 Å². The Labute approximate surface area is 255 Å². The Morgan fingerprint density at radius 3 is 2.26 bits per heavy atom. The largest absolute Gasteiger partial charge is 0.354 e. The second kappa shape index (κ2) is 15.8. The summed E-state index contributed by atoms with van der Waals surface area (Å²) in [6.45, 7) is 6.79. The van der Waals surface area contributed by atoms with Gasteiger partial charge in [0, 0.05) is 37.5 Å². The zero-order valence-corrected chi connectivity index (χ0v) is 26.5. The molecule has 0 aliphatic rings. The molecule has 7 nitrogen and oxygen atoms in total. The molecule has 0 saturated carbocycles. The fourth-order valence-electron chi connectivity index (χ4n) is 4.78. The SMILES string of the molecule is CCCCNC(=O)[C@H](Cc1ccccc1)N(Cc1ccc(C)cc1)C(=O)CCCN(c1cc(Cl)ccc1C)S(C)(=O)=O. The third-order valence-corrected chi connectivity index (χ3v) is 8.58. The number of hydrogen-bond donors (Lipinski definition) is 1. The van der Waals surface area contributed by atoms with E-state index in [9.17, 15) is 18.0 Å². The number of amides is 2. The van der Waals surface area contributed by atoms with Crippen molar-refractivity contribution in [1.29, 1.82) is 0 Å². The minimum Gasteiger partial charge on any atom is -0.354 e. The van der Waals surface area contributed by atoms with Gasteiger partial charge in [-0.1, -0.05) is 91.2 Å². The summed E-state index contributed by atoms with van der Waals surface area (Å²) in [7, 11) is -3.63. The maximum Gasteiger partial charge on any atom is 0.243 e. The molecule has 0 saturated heterocycles. The first-order valence-electron chi connectivity index (χ1n) is 14.4. The first kappa shape index (κ1) is 33.1. The normalized spacial score (nSPS) is 12.0. The summed E-state index contributed by atoms with van der Waals surface area (Å²) in [6.07, 6.45) is 3.66. The van der Waals surface area contributed by atoms with Crippen LogP contribution in [-0.4, -0.2) is 50.5 Å². The maximum absolute atomic E-state index is 13.9. The highest BCUT2D eigenvalue weighted by molar-refractivity contribution is 7.92. The van der Waals surface area contributed by atoms with Crippen LogP contribution in [0.2, 0.25) is 5.02 Å². The van der Waals surface area contributed by atoms with Crippen LogP contribution in [0.5, 0.6) is 0 Å². The number of aryl methyl sites for hydroxylation is 2. The predicted molar refractivity (Wildman–Crippen MR) is 171 cm³/mol.